The maximum atomic E-state index is 10.9. The zero-order valence-electron chi connectivity index (χ0n) is 10.9. The molecule has 0 atom stereocenters. The van der Waals surface area contributed by atoms with E-state index in [1.165, 1.54) is 25.5 Å². The molecule has 0 aromatic rings. The third kappa shape index (κ3) is 17.4. The summed E-state index contributed by atoms with van der Waals surface area (Å²) in [6, 6.07) is 0. The molecule has 0 aromatic heterocycles. The Morgan fingerprint density at radius 3 is 2.39 bits per heavy atom. The summed E-state index contributed by atoms with van der Waals surface area (Å²) in [5, 5.41) is 8.33. The molecule has 0 bridgehead atoms. The van der Waals surface area contributed by atoms with Crippen molar-refractivity contribution in [3.63, 3.8) is 0 Å². The van der Waals surface area contributed by atoms with E-state index in [1.807, 2.05) is 0 Å². The molecular weight excluding hydrogens is 251 g/mol. The summed E-state index contributed by atoms with van der Waals surface area (Å²) < 4.78 is 13.0. The number of unbranched alkanes of at least 4 members (excludes halogenated alkanes) is 4. The maximum absolute atomic E-state index is 10.9. The second kappa shape index (κ2) is 16.0. The van der Waals surface area contributed by atoms with Gasteiger partial charge in [0.2, 0.25) is 0 Å². The van der Waals surface area contributed by atoms with Crippen LogP contribution in [0.15, 0.2) is 12.3 Å². The summed E-state index contributed by atoms with van der Waals surface area (Å²) in [5.74, 6) is -1.48. The van der Waals surface area contributed by atoms with Crippen LogP contribution >= 0.6 is 0 Å². The molecule has 18 heavy (non-hydrogen) atoms. The van der Waals surface area contributed by atoms with E-state index in [-0.39, 0.29) is 12.8 Å². The SMILES string of the molecule is CCCCCCC=COC(=O)CCC(=O)O.[O]=[AlH]. The molecule has 0 aliphatic carbocycles. The molecule has 0 amide bonds. The number of aliphatic carboxylic acids is 1. The number of allylic oxidation sites excluding steroid dienone is 1. The summed E-state index contributed by atoms with van der Waals surface area (Å²) in [4.78, 5) is 21.1. The Morgan fingerprint density at radius 1 is 1.17 bits per heavy atom. The molecule has 0 saturated heterocycles. The predicted octanol–water partition coefficient (Wildman–Crippen LogP) is 2.11. The van der Waals surface area contributed by atoms with Crippen molar-refractivity contribution in [3.05, 3.63) is 12.3 Å². The molecule has 0 aromatic carbocycles. The van der Waals surface area contributed by atoms with E-state index < -0.39 is 11.9 Å². The van der Waals surface area contributed by atoms with E-state index >= 15 is 0 Å². The van der Waals surface area contributed by atoms with Crippen LogP contribution in [0.2, 0.25) is 0 Å². The summed E-state index contributed by atoms with van der Waals surface area (Å²) >= 11 is 0.611. The third-order valence-electron chi connectivity index (χ3n) is 2.06. The van der Waals surface area contributed by atoms with E-state index in [2.05, 4.69) is 6.92 Å². The number of carbonyl (C=O) groups excluding carboxylic acids is 1. The van der Waals surface area contributed by atoms with Crippen molar-refractivity contribution in [2.75, 3.05) is 0 Å². The van der Waals surface area contributed by atoms with Gasteiger partial charge in [0.15, 0.2) is 0 Å². The van der Waals surface area contributed by atoms with Crippen molar-refractivity contribution in [2.24, 2.45) is 0 Å². The zero-order chi connectivity index (χ0) is 14.2. The topological polar surface area (TPSA) is 80.7 Å². The van der Waals surface area contributed by atoms with Gasteiger partial charge in [-0.15, -0.1) is 0 Å². The third-order valence-corrected chi connectivity index (χ3v) is 2.06. The number of rotatable bonds is 9. The van der Waals surface area contributed by atoms with E-state index in [1.54, 1.807) is 6.08 Å². The second-order valence-corrected chi connectivity index (χ2v) is 3.60. The quantitative estimate of drug-likeness (QED) is 0.301. The molecule has 0 aliphatic rings. The Balaban J connectivity index is 0. The van der Waals surface area contributed by atoms with Crippen LogP contribution in [-0.2, 0) is 18.1 Å². The molecule has 0 spiro atoms. The first-order chi connectivity index (χ1) is 8.66. The van der Waals surface area contributed by atoms with Gasteiger partial charge in [-0.2, -0.15) is 0 Å². The van der Waals surface area contributed by atoms with Gasteiger partial charge in [-0.25, -0.2) is 0 Å². The first-order valence-electron chi connectivity index (χ1n) is 6.02. The first-order valence-corrected chi connectivity index (χ1v) is 6.59. The Bertz CT molecular complexity index is 253. The molecule has 102 valence electrons. The van der Waals surface area contributed by atoms with Crippen molar-refractivity contribution in [2.45, 2.75) is 51.9 Å². The fraction of sp³-hybridized carbons (Fsp3) is 0.667. The van der Waals surface area contributed by atoms with Crippen LogP contribution in [0.4, 0.5) is 0 Å². The molecule has 0 radical (unpaired) electrons. The molecule has 1 N–H and O–H groups in total. The van der Waals surface area contributed by atoms with Crippen LogP contribution in [0, 0.1) is 0 Å². The fourth-order valence-corrected chi connectivity index (χ4v) is 1.15. The Hall–Kier alpha value is -0.988. The van der Waals surface area contributed by atoms with Gasteiger partial charge in [-0.3, -0.25) is 9.59 Å². The average Bonchev–Trinajstić information content (AvgIpc) is 2.37. The minimum atomic E-state index is -0.986. The number of esters is 1. The molecule has 0 fully saturated rings. The van der Waals surface area contributed by atoms with Crippen LogP contribution < -0.4 is 0 Å². The van der Waals surface area contributed by atoms with E-state index in [9.17, 15) is 9.59 Å². The number of ether oxygens (including phenoxy) is 1. The molecule has 0 heterocycles. The van der Waals surface area contributed by atoms with Crippen LogP contribution in [0.25, 0.3) is 0 Å². The van der Waals surface area contributed by atoms with Crippen LogP contribution in [0.1, 0.15) is 51.9 Å². The molecule has 6 heteroatoms. The molecule has 0 aliphatic heterocycles. The molecule has 5 nitrogen and oxygen atoms in total. The average molecular weight is 272 g/mol. The number of carboxylic acid groups (broad SMARTS) is 1. The zero-order valence-corrected chi connectivity index (χ0v) is 12.3. The molecule has 0 unspecified atom stereocenters. The summed E-state index contributed by atoms with van der Waals surface area (Å²) in [6.07, 6.45) is 8.51. The van der Waals surface area contributed by atoms with Crippen molar-refractivity contribution in [1.82, 2.24) is 0 Å². The number of carbonyl (C=O) groups is 2. The van der Waals surface area contributed by atoms with Crippen LogP contribution in [-0.4, -0.2) is 33.3 Å². The molecule has 0 rings (SSSR count). The second-order valence-electron chi connectivity index (χ2n) is 3.60. The van der Waals surface area contributed by atoms with E-state index in [0.29, 0.717) is 16.2 Å². The summed E-state index contributed by atoms with van der Waals surface area (Å²) in [6.45, 7) is 2.15. The van der Waals surface area contributed by atoms with Crippen molar-refractivity contribution >= 4 is 28.2 Å². The first kappa shape index (κ1) is 19.4. The Kier molecular flexibility index (Phi) is 17.2. The summed E-state index contributed by atoms with van der Waals surface area (Å²) in [7, 11) is 0. The monoisotopic (exact) mass is 272 g/mol. The van der Waals surface area contributed by atoms with Crippen molar-refractivity contribution in [1.29, 1.82) is 0 Å². The van der Waals surface area contributed by atoms with Gasteiger partial charge in [-0.1, -0.05) is 26.2 Å². The van der Waals surface area contributed by atoms with Gasteiger partial charge in [0.25, 0.3) is 0 Å². The fourth-order valence-electron chi connectivity index (χ4n) is 1.15. The Morgan fingerprint density at radius 2 is 1.83 bits per heavy atom. The van der Waals surface area contributed by atoms with Gasteiger partial charge in [0, 0.05) is 0 Å². The van der Waals surface area contributed by atoms with Gasteiger partial charge in [0.1, 0.15) is 0 Å². The number of carboxylic acids is 1. The van der Waals surface area contributed by atoms with Crippen LogP contribution in [0.5, 0.6) is 0 Å². The molecular formula is C12H21AlO5. The summed E-state index contributed by atoms with van der Waals surface area (Å²) in [5.41, 5.74) is 0. The van der Waals surface area contributed by atoms with Crippen molar-refractivity contribution in [3.8, 4) is 0 Å². The Labute approximate surface area is 116 Å². The molecule has 0 saturated carbocycles. The van der Waals surface area contributed by atoms with Gasteiger partial charge < -0.3 is 9.84 Å². The minimum absolute atomic E-state index is 0.0739. The number of hydrogen-bond acceptors (Lipinski definition) is 4. The van der Waals surface area contributed by atoms with Gasteiger partial charge in [-0.05, 0) is 18.9 Å². The standard InChI is InChI=1S/C12H20O4.Al.O.H/c1-2-3-4-5-6-7-10-16-12(15)9-8-11(13)14;;;/h7,10H,2-6,8-9H2,1H3,(H,13,14);;;. The van der Waals surface area contributed by atoms with Crippen molar-refractivity contribution < 1.29 is 23.2 Å². The van der Waals surface area contributed by atoms with Crippen LogP contribution in [0.3, 0.4) is 0 Å². The van der Waals surface area contributed by atoms with Gasteiger partial charge in [0.05, 0.1) is 19.1 Å². The number of hydrogen-bond donors (Lipinski definition) is 1. The predicted molar refractivity (Wildman–Crippen MR) is 68.7 cm³/mol. The van der Waals surface area contributed by atoms with E-state index in [4.69, 9.17) is 13.6 Å². The normalized spacial score (nSPS) is 9.56. The van der Waals surface area contributed by atoms with Gasteiger partial charge >= 0.3 is 32.0 Å². The van der Waals surface area contributed by atoms with E-state index in [0.717, 1.165) is 12.8 Å².